The van der Waals surface area contributed by atoms with E-state index >= 15 is 0 Å². The van der Waals surface area contributed by atoms with E-state index in [2.05, 4.69) is 25.5 Å². The second-order valence-corrected chi connectivity index (χ2v) is 12.2. The van der Waals surface area contributed by atoms with Crippen LogP contribution >= 0.6 is 0 Å². The first-order chi connectivity index (χ1) is 25.0. The molecule has 3 aromatic heterocycles. The number of carbonyl (C=O) groups is 2. The number of pyridine rings is 1. The smallest absolute Gasteiger partial charge is 0.335 e. The molecular weight excluding hydrogens is 669 g/mol. The third-order valence-electron chi connectivity index (χ3n) is 8.39. The van der Waals surface area contributed by atoms with Crippen LogP contribution in [0.3, 0.4) is 0 Å². The number of hydrogen-bond donors (Lipinski definition) is 3. The van der Waals surface area contributed by atoms with E-state index in [9.17, 15) is 18.8 Å². The van der Waals surface area contributed by atoms with E-state index in [0.29, 0.717) is 24.7 Å². The molecule has 3 N–H and O–H groups in total. The van der Waals surface area contributed by atoms with E-state index in [1.165, 1.54) is 22.9 Å². The standard InChI is InChI=1S/C36H32FN9O3.CH2O2/c1-20(2)45-19-30(34(48)46(36(45)49)27-11-7-24(37)8-12-27)33(47)41-25-9-5-21(3)28(16-25)29-15-23-17-40-35(42-26-10-6-22(4)39-18-26)43-31(23)44-14-13-38-32(29)44;2-1-3/h5-12,15-20H,13-14H2,1-4H3,(H,41,47)(H,40,42,43);1H,(H,2,3). The number of aliphatic imine (C=N–C) groups is 1. The number of halogens is 1. The Morgan fingerprint density at radius 1 is 1.00 bits per heavy atom. The Labute approximate surface area is 296 Å². The Kier molecular flexibility index (Phi) is 9.85. The van der Waals surface area contributed by atoms with Crippen molar-refractivity contribution in [1.82, 2.24) is 24.1 Å². The number of aromatic nitrogens is 5. The minimum atomic E-state index is -0.812. The van der Waals surface area contributed by atoms with Crippen molar-refractivity contribution in [3.63, 3.8) is 0 Å². The molecule has 264 valence electrons. The fourth-order valence-electron chi connectivity index (χ4n) is 5.84. The summed E-state index contributed by atoms with van der Waals surface area (Å²) in [5, 5.41) is 12.9. The number of aryl methyl sites for hydroxylation is 2. The van der Waals surface area contributed by atoms with Gasteiger partial charge in [-0.25, -0.2) is 18.7 Å². The molecule has 14 nitrogen and oxygen atoms in total. The topological polar surface area (TPSA) is 177 Å². The van der Waals surface area contributed by atoms with Gasteiger partial charge in [-0.3, -0.25) is 28.9 Å². The van der Waals surface area contributed by atoms with Gasteiger partial charge in [0.15, 0.2) is 0 Å². The van der Waals surface area contributed by atoms with E-state index in [1.54, 1.807) is 32.3 Å². The molecule has 0 radical (unpaired) electrons. The maximum atomic E-state index is 13.7. The fourth-order valence-corrected chi connectivity index (χ4v) is 5.84. The summed E-state index contributed by atoms with van der Waals surface area (Å²) < 4.78 is 15.8. The summed E-state index contributed by atoms with van der Waals surface area (Å²) >= 11 is 0. The van der Waals surface area contributed by atoms with Crippen molar-refractivity contribution in [2.24, 2.45) is 4.99 Å². The predicted octanol–water partition coefficient (Wildman–Crippen LogP) is 4.99. The van der Waals surface area contributed by atoms with Crippen LogP contribution in [-0.2, 0) is 4.79 Å². The van der Waals surface area contributed by atoms with E-state index in [1.807, 2.05) is 44.2 Å². The molecular formula is C37H34FN9O5. The van der Waals surface area contributed by atoms with Crippen LogP contribution in [0, 0.1) is 19.7 Å². The lowest BCUT2D eigenvalue weighted by molar-refractivity contribution is -0.122. The number of nitrogens with zero attached hydrogens (tertiary/aromatic N) is 7. The van der Waals surface area contributed by atoms with E-state index < -0.39 is 23.0 Å². The molecule has 0 atom stereocenters. The van der Waals surface area contributed by atoms with Gasteiger partial charge >= 0.3 is 5.69 Å². The zero-order valence-electron chi connectivity index (χ0n) is 28.7. The van der Waals surface area contributed by atoms with Gasteiger partial charge in [0.2, 0.25) is 5.95 Å². The first-order valence-electron chi connectivity index (χ1n) is 16.2. The third kappa shape index (κ3) is 6.96. The molecule has 0 saturated carbocycles. The maximum Gasteiger partial charge on any atom is 0.335 e. The Morgan fingerprint density at radius 3 is 2.42 bits per heavy atom. The highest BCUT2D eigenvalue weighted by molar-refractivity contribution is 6.36. The summed E-state index contributed by atoms with van der Waals surface area (Å²) in [5.41, 5.74) is 4.04. The van der Waals surface area contributed by atoms with Crippen LogP contribution in [0.15, 0.2) is 87.8 Å². The van der Waals surface area contributed by atoms with Crippen LogP contribution in [0.1, 0.15) is 52.6 Å². The number of anilines is 4. The number of fused-ring (bicyclic) bond motifs is 3. The van der Waals surface area contributed by atoms with E-state index in [0.717, 1.165) is 62.0 Å². The number of nitrogens with one attached hydrogen (secondary N) is 2. The van der Waals surface area contributed by atoms with Crippen molar-refractivity contribution in [2.45, 2.75) is 33.7 Å². The highest BCUT2D eigenvalue weighted by Crippen LogP contribution is 2.37. The summed E-state index contributed by atoms with van der Waals surface area (Å²) in [6.07, 6.45) is 6.75. The second-order valence-electron chi connectivity index (χ2n) is 12.2. The largest absolute Gasteiger partial charge is 0.483 e. The first kappa shape index (κ1) is 35.1. The molecule has 1 amide bonds. The number of hydrogen-bond acceptors (Lipinski definition) is 10. The summed E-state index contributed by atoms with van der Waals surface area (Å²) in [5.74, 6) is 0.726. The van der Waals surface area contributed by atoms with Crippen LogP contribution in [0.5, 0.6) is 0 Å². The number of benzene rings is 2. The quantitative estimate of drug-likeness (QED) is 0.196. The normalized spacial score (nSPS) is 12.9. The van der Waals surface area contributed by atoms with E-state index in [4.69, 9.17) is 19.9 Å². The van der Waals surface area contributed by atoms with Crippen LogP contribution in [-0.4, -0.2) is 60.5 Å². The molecule has 0 spiro atoms. The molecule has 2 aliphatic rings. The number of rotatable bonds is 7. The van der Waals surface area contributed by atoms with Gasteiger partial charge < -0.3 is 20.6 Å². The van der Waals surface area contributed by atoms with Crippen molar-refractivity contribution in [3.05, 3.63) is 128 Å². The molecule has 0 saturated heterocycles. The van der Waals surface area contributed by atoms with Gasteiger partial charge in [-0.15, -0.1) is 0 Å². The van der Waals surface area contributed by atoms with E-state index in [-0.39, 0.29) is 23.8 Å². The molecule has 2 aliphatic heterocycles. The molecule has 0 fully saturated rings. The average molecular weight is 704 g/mol. The highest BCUT2D eigenvalue weighted by Gasteiger charge is 2.31. The molecule has 15 heteroatoms. The summed E-state index contributed by atoms with van der Waals surface area (Å²) in [4.78, 5) is 69.4. The molecule has 5 heterocycles. The van der Waals surface area contributed by atoms with Crippen molar-refractivity contribution in [3.8, 4) is 5.69 Å². The zero-order valence-corrected chi connectivity index (χ0v) is 28.7. The monoisotopic (exact) mass is 703 g/mol. The van der Waals surface area contributed by atoms with Crippen molar-refractivity contribution < 1.29 is 19.1 Å². The van der Waals surface area contributed by atoms with Crippen molar-refractivity contribution >= 4 is 53.0 Å². The maximum absolute atomic E-state index is 13.7. The molecule has 2 aromatic carbocycles. The zero-order chi connectivity index (χ0) is 37.1. The molecule has 7 rings (SSSR count). The van der Waals surface area contributed by atoms with Gasteiger partial charge in [0.05, 0.1) is 24.1 Å². The molecule has 0 bridgehead atoms. The molecule has 0 aliphatic carbocycles. The van der Waals surface area contributed by atoms with Gasteiger partial charge in [-0.05, 0) is 93.4 Å². The minimum Gasteiger partial charge on any atom is -0.483 e. The molecule has 52 heavy (non-hydrogen) atoms. The van der Waals surface area contributed by atoms with Gasteiger partial charge in [-0.2, -0.15) is 4.98 Å². The lowest BCUT2D eigenvalue weighted by Gasteiger charge is -2.28. The lowest BCUT2D eigenvalue weighted by atomic mass is 9.94. The summed E-state index contributed by atoms with van der Waals surface area (Å²) in [6, 6.07) is 13.9. The number of carboxylic acid groups (broad SMARTS) is 1. The van der Waals surface area contributed by atoms with Crippen molar-refractivity contribution in [1.29, 1.82) is 0 Å². The second kappa shape index (κ2) is 14.6. The SMILES string of the molecule is Cc1ccc(Nc2ncc3c(n2)N2CCN=C2C(c2cc(NC(=O)c4cn(C(C)C)c(=O)n(-c5ccc(F)cc5)c4=O)ccc2C)=C3)cn1.O=CO. The predicted molar refractivity (Wildman–Crippen MR) is 196 cm³/mol. The Hall–Kier alpha value is -6.77. The number of carbonyl (C=O) groups excluding carboxylic acids is 1. The van der Waals surface area contributed by atoms with Gasteiger partial charge in [0.1, 0.15) is 23.0 Å². The molecule has 5 aromatic rings. The van der Waals surface area contributed by atoms with Crippen LogP contribution in [0.2, 0.25) is 0 Å². The van der Waals surface area contributed by atoms with Gasteiger partial charge in [-0.1, -0.05) is 6.07 Å². The lowest BCUT2D eigenvalue weighted by Crippen LogP contribution is -2.42. The Balaban J connectivity index is 0.00000150. The first-order valence-corrected chi connectivity index (χ1v) is 16.2. The Morgan fingerprint density at radius 2 is 1.73 bits per heavy atom. The van der Waals surface area contributed by atoms with Crippen LogP contribution < -0.4 is 26.8 Å². The minimum absolute atomic E-state index is 0.156. The number of amides is 1. The summed E-state index contributed by atoms with van der Waals surface area (Å²) in [7, 11) is 0. The van der Waals surface area contributed by atoms with Gasteiger partial charge in [0, 0.05) is 47.5 Å². The average Bonchev–Trinajstić information content (AvgIpc) is 3.62. The molecule has 0 unspecified atom stereocenters. The Bertz CT molecular complexity index is 2370. The third-order valence-corrected chi connectivity index (χ3v) is 8.39. The van der Waals surface area contributed by atoms with Crippen LogP contribution in [0.25, 0.3) is 17.3 Å². The fraction of sp³-hybridized carbons (Fsp3) is 0.189. The summed E-state index contributed by atoms with van der Waals surface area (Å²) in [6.45, 7) is 8.40. The number of amidine groups is 1. The van der Waals surface area contributed by atoms with Crippen LogP contribution in [0.4, 0.5) is 27.5 Å². The van der Waals surface area contributed by atoms with Crippen molar-refractivity contribution in [2.75, 3.05) is 28.6 Å². The van der Waals surface area contributed by atoms with Gasteiger partial charge in [0.25, 0.3) is 17.9 Å². The highest BCUT2D eigenvalue weighted by atomic mass is 19.1.